The van der Waals surface area contributed by atoms with E-state index < -0.39 is 0 Å². The van der Waals surface area contributed by atoms with Crippen LogP contribution in [0.5, 0.6) is 0 Å². The molecule has 0 aromatic heterocycles. The molecule has 0 N–H and O–H groups in total. The first-order valence-electron chi connectivity index (χ1n) is 12.7. The zero-order valence-corrected chi connectivity index (χ0v) is 20.6. The van der Waals surface area contributed by atoms with Gasteiger partial charge in [0.15, 0.2) is 0 Å². The van der Waals surface area contributed by atoms with Gasteiger partial charge in [-0.15, -0.1) is 0 Å². The zero-order valence-electron chi connectivity index (χ0n) is 20.6. The second kappa shape index (κ2) is 14.1. The van der Waals surface area contributed by atoms with Gasteiger partial charge in [0.2, 0.25) is 0 Å². The summed E-state index contributed by atoms with van der Waals surface area (Å²) in [5.41, 5.74) is 5.68. The number of halogens is 1. The molecule has 0 saturated carbocycles. The van der Waals surface area contributed by atoms with Crippen LogP contribution >= 0.6 is 0 Å². The van der Waals surface area contributed by atoms with Gasteiger partial charge in [0.1, 0.15) is 5.82 Å². The van der Waals surface area contributed by atoms with Gasteiger partial charge in [-0.2, -0.15) is 0 Å². The fourth-order valence-electron chi connectivity index (χ4n) is 3.83. The maximum absolute atomic E-state index is 14.4. The van der Waals surface area contributed by atoms with Crippen LogP contribution in [0.25, 0.3) is 0 Å². The van der Waals surface area contributed by atoms with Crippen LogP contribution in [-0.2, 0) is 12.8 Å². The van der Waals surface area contributed by atoms with E-state index in [1.807, 2.05) is 30.3 Å². The topological polar surface area (TPSA) is 0 Å². The Morgan fingerprint density at radius 3 is 1.59 bits per heavy atom. The molecule has 0 bridgehead atoms. The molecule has 0 heterocycles. The average molecular weight is 451 g/mol. The molecule has 174 valence electrons. The lowest BCUT2D eigenvalue weighted by atomic mass is 10.0. The van der Waals surface area contributed by atoms with Crippen LogP contribution in [0.4, 0.5) is 4.39 Å². The van der Waals surface area contributed by atoms with Crippen LogP contribution in [0.3, 0.4) is 0 Å². The minimum absolute atomic E-state index is 0.240. The Hall–Kier alpha value is -3.29. The normalized spacial score (nSPS) is 10.2. The Labute approximate surface area is 205 Å². The smallest absolute Gasteiger partial charge is 0.139 e. The Morgan fingerprint density at radius 1 is 0.529 bits per heavy atom. The first-order chi connectivity index (χ1) is 16.7. The second-order valence-electron chi connectivity index (χ2n) is 8.86. The predicted octanol–water partition coefficient (Wildman–Crippen LogP) is 8.48. The molecule has 0 saturated heterocycles. The summed E-state index contributed by atoms with van der Waals surface area (Å²) in [5.74, 6) is 12.3. The van der Waals surface area contributed by atoms with Gasteiger partial charge < -0.3 is 0 Å². The maximum atomic E-state index is 14.4. The Kier molecular flexibility index (Phi) is 10.5. The summed E-state index contributed by atoms with van der Waals surface area (Å²) >= 11 is 0. The maximum Gasteiger partial charge on any atom is 0.139 e. The van der Waals surface area contributed by atoms with Crippen molar-refractivity contribution in [1.82, 2.24) is 0 Å². The van der Waals surface area contributed by atoms with Crippen LogP contribution in [0, 0.1) is 29.5 Å². The first kappa shape index (κ1) is 25.3. The van der Waals surface area contributed by atoms with E-state index in [0.717, 1.165) is 41.5 Å². The van der Waals surface area contributed by atoms with Crippen molar-refractivity contribution in [2.45, 2.75) is 71.6 Å². The summed E-state index contributed by atoms with van der Waals surface area (Å²) in [5, 5.41) is 0. The monoisotopic (exact) mass is 450 g/mol. The summed E-state index contributed by atoms with van der Waals surface area (Å²) in [4.78, 5) is 0. The lowest BCUT2D eigenvalue weighted by molar-refractivity contribution is 0.619. The van der Waals surface area contributed by atoms with E-state index in [0.29, 0.717) is 5.56 Å². The number of hydrogen-bond donors (Lipinski definition) is 0. The lowest BCUT2D eigenvalue weighted by Crippen LogP contribution is -1.90. The molecule has 1 heteroatoms. The van der Waals surface area contributed by atoms with E-state index in [-0.39, 0.29) is 5.82 Å². The molecule has 0 aliphatic heterocycles. The van der Waals surface area contributed by atoms with Crippen molar-refractivity contribution in [3.8, 4) is 23.7 Å². The van der Waals surface area contributed by atoms with Gasteiger partial charge in [0.25, 0.3) is 0 Å². The van der Waals surface area contributed by atoms with Crippen LogP contribution in [0.15, 0.2) is 66.7 Å². The SMILES string of the molecule is CCCCCCc1ccc(C#Cc2ccc(C#Cc3ccc(CCCCC)cc3F)cc2)cc1. The molecule has 3 aromatic rings. The summed E-state index contributed by atoms with van der Waals surface area (Å²) in [6.45, 7) is 4.41. The number of benzene rings is 3. The fourth-order valence-corrected chi connectivity index (χ4v) is 3.83. The van der Waals surface area contributed by atoms with Gasteiger partial charge in [-0.3, -0.25) is 0 Å². The molecule has 0 spiro atoms. The average Bonchev–Trinajstić information content (AvgIpc) is 2.86. The van der Waals surface area contributed by atoms with E-state index >= 15 is 0 Å². The molecular weight excluding hydrogens is 415 g/mol. The highest BCUT2D eigenvalue weighted by molar-refractivity contribution is 5.48. The van der Waals surface area contributed by atoms with Crippen LogP contribution in [-0.4, -0.2) is 0 Å². The molecular formula is C33H35F. The van der Waals surface area contributed by atoms with Crippen molar-refractivity contribution in [2.24, 2.45) is 0 Å². The van der Waals surface area contributed by atoms with Crippen molar-refractivity contribution in [3.63, 3.8) is 0 Å². The summed E-state index contributed by atoms with van der Waals surface area (Å²) in [7, 11) is 0. The Balaban J connectivity index is 1.56. The molecule has 3 aromatic carbocycles. The fraction of sp³-hybridized carbons (Fsp3) is 0.333. The van der Waals surface area contributed by atoms with E-state index in [1.165, 1.54) is 44.1 Å². The Bertz CT molecular complexity index is 1150. The summed E-state index contributed by atoms with van der Waals surface area (Å²) in [6.07, 6.45) is 10.7. The van der Waals surface area contributed by atoms with E-state index in [2.05, 4.69) is 61.8 Å². The third-order valence-electron chi connectivity index (χ3n) is 5.95. The molecule has 0 unspecified atom stereocenters. The zero-order chi connectivity index (χ0) is 24.0. The second-order valence-corrected chi connectivity index (χ2v) is 8.86. The van der Waals surface area contributed by atoms with Crippen LogP contribution in [0.2, 0.25) is 0 Å². The largest absolute Gasteiger partial charge is 0.206 e. The highest BCUT2D eigenvalue weighted by Gasteiger charge is 2.01. The molecule has 0 amide bonds. The van der Waals surface area contributed by atoms with Gasteiger partial charge in [0.05, 0.1) is 5.56 Å². The molecule has 34 heavy (non-hydrogen) atoms. The van der Waals surface area contributed by atoms with E-state index in [4.69, 9.17) is 0 Å². The number of rotatable bonds is 9. The minimum atomic E-state index is -0.240. The van der Waals surface area contributed by atoms with Crippen molar-refractivity contribution in [1.29, 1.82) is 0 Å². The third-order valence-corrected chi connectivity index (χ3v) is 5.95. The van der Waals surface area contributed by atoms with Gasteiger partial charge in [-0.25, -0.2) is 4.39 Å². The summed E-state index contributed by atoms with van der Waals surface area (Å²) in [6, 6.07) is 21.8. The number of hydrogen-bond acceptors (Lipinski definition) is 0. The number of unbranched alkanes of at least 4 members (excludes halogenated alkanes) is 5. The highest BCUT2D eigenvalue weighted by Crippen LogP contribution is 2.13. The van der Waals surface area contributed by atoms with Gasteiger partial charge >= 0.3 is 0 Å². The minimum Gasteiger partial charge on any atom is -0.206 e. The van der Waals surface area contributed by atoms with Gasteiger partial charge in [0, 0.05) is 16.7 Å². The molecule has 3 rings (SSSR count). The van der Waals surface area contributed by atoms with Crippen LogP contribution in [0.1, 0.15) is 92.2 Å². The van der Waals surface area contributed by atoms with Crippen molar-refractivity contribution in [2.75, 3.05) is 0 Å². The molecule has 0 nitrogen and oxygen atoms in total. The molecule has 0 fully saturated rings. The predicted molar refractivity (Wildman–Crippen MR) is 142 cm³/mol. The Morgan fingerprint density at radius 2 is 1.00 bits per heavy atom. The van der Waals surface area contributed by atoms with Crippen molar-refractivity contribution >= 4 is 0 Å². The van der Waals surface area contributed by atoms with Gasteiger partial charge in [-0.1, -0.05) is 87.8 Å². The standard InChI is InChI=1S/C33H35F/c1-3-5-7-9-10-27-12-14-28(15-13-27)16-17-29-18-20-30(21-19-29)22-24-32-25-23-31(26-33(32)34)11-8-6-4-2/h12-15,18-21,23,25-26H,3-11H2,1-2H3. The first-order valence-corrected chi connectivity index (χ1v) is 12.7. The molecule has 0 aliphatic carbocycles. The van der Waals surface area contributed by atoms with Crippen molar-refractivity contribution in [3.05, 3.63) is 106 Å². The van der Waals surface area contributed by atoms with Gasteiger partial charge in [-0.05, 0) is 85.3 Å². The summed E-state index contributed by atoms with van der Waals surface area (Å²) < 4.78 is 14.4. The highest BCUT2D eigenvalue weighted by atomic mass is 19.1. The van der Waals surface area contributed by atoms with Crippen LogP contribution < -0.4 is 0 Å². The quantitative estimate of drug-likeness (QED) is 0.226. The van der Waals surface area contributed by atoms with E-state index in [9.17, 15) is 4.39 Å². The van der Waals surface area contributed by atoms with E-state index in [1.54, 1.807) is 12.1 Å². The third kappa shape index (κ3) is 8.57. The molecule has 0 atom stereocenters. The van der Waals surface area contributed by atoms with Crippen molar-refractivity contribution < 1.29 is 4.39 Å². The lowest BCUT2D eigenvalue weighted by Gasteiger charge is -2.02. The molecule has 0 aliphatic rings. The number of aryl methyl sites for hydroxylation is 2. The molecule has 0 radical (unpaired) electrons.